The Labute approximate surface area is 136 Å². The molecular formula is C17H12ClFN2O2. The van der Waals surface area contributed by atoms with E-state index in [9.17, 15) is 14.3 Å². The summed E-state index contributed by atoms with van der Waals surface area (Å²) in [7, 11) is 0. The number of halogens is 2. The molecule has 0 fully saturated rings. The predicted octanol–water partition coefficient (Wildman–Crippen LogP) is 3.58. The van der Waals surface area contributed by atoms with Crippen molar-refractivity contribution in [3.63, 3.8) is 0 Å². The van der Waals surface area contributed by atoms with Gasteiger partial charge in [0.15, 0.2) is 5.75 Å². The molecule has 0 amide bonds. The smallest absolute Gasteiger partial charge is 0.225 e. The molecule has 23 heavy (non-hydrogen) atoms. The molecule has 0 saturated carbocycles. The molecule has 0 radical (unpaired) electrons. The third kappa shape index (κ3) is 2.78. The Bertz CT molecular complexity index is 933. The molecule has 0 spiro atoms. The Morgan fingerprint density at radius 1 is 1.13 bits per heavy atom. The Morgan fingerprint density at radius 3 is 2.61 bits per heavy atom. The molecule has 6 heteroatoms. The first kappa shape index (κ1) is 15.1. The van der Waals surface area contributed by atoms with Crippen LogP contribution in [0, 0.1) is 5.82 Å². The standard InChI is InChI=1S/C17H12ClFN2O2/c18-12-5-2-6-13(19)17(12)10-3-1-4-11(7-10)21-9-15(23)14(22)8-16(21)20/h1-9,23H,20H2. The summed E-state index contributed by atoms with van der Waals surface area (Å²) in [6.07, 6.45) is 1.22. The largest absolute Gasteiger partial charge is 0.503 e. The lowest BCUT2D eigenvalue weighted by molar-refractivity contribution is 0.466. The fraction of sp³-hybridized carbons (Fsp3) is 0. The summed E-state index contributed by atoms with van der Waals surface area (Å²) >= 11 is 6.09. The normalized spacial score (nSPS) is 10.7. The summed E-state index contributed by atoms with van der Waals surface area (Å²) in [6.45, 7) is 0. The second-order valence-electron chi connectivity index (χ2n) is 4.96. The van der Waals surface area contributed by atoms with Crippen LogP contribution in [0.2, 0.25) is 5.02 Å². The Kier molecular flexibility index (Phi) is 3.80. The molecule has 0 aliphatic rings. The molecule has 0 bridgehead atoms. The van der Waals surface area contributed by atoms with Gasteiger partial charge in [0.25, 0.3) is 0 Å². The third-order valence-corrected chi connectivity index (χ3v) is 3.75. The lowest BCUT2D eigenvalue weighted by Gasteiger charge is -2.13. The highest BCUT2D eigenvalue weighted by Crippen LogP contribution is 2.32. The maximum Gasteiger partial charge on any atom is 0.225 e. The molecule has 0 aliphatic heterocycles. The van der Waals surface area contributed by atoms with Crippen LogP contribution in [0.4, 0.5) is 10.2 Å². The van der Waals surface area contributed by atoms with E-state index in [0.29, 0.717) is 11.3 Å². The highest BCUT2D eigenvalue weighted by Gasteiger charge is 2.11. The number of rotatable bonds is 2. The lowest BCUT2D eigenvalue weighted by Crippen LogP contribution is -2.10. The topological polar surface area (TPSA) is 68.2 Å². The van der Waals surface area contributed by atoms with E-state index in [4.69, 9.17) is 17.3 Å². The van der Waals surface area contributed by atoms with Gasteiger partial charge in [-0.3, -0.25) is 9.36 Å². The van der Waals surface area contributed by atoms with E-state index in [1.54, 1.807) is 30.3 Å². The molecule has 1 aromatic heterocycles. The van der Waals surface area contributed by atoms with Gasteiger partial charge >= 0.3 is 0 Å². The van der Waals surface area contributed by atoms with Crippen molar-refractivity contribution >= 4 is 17.4 Å². The van der Waals surface area contributed by atoms with Gasteiger partial charge < -0.3 is 10.8 Å². The van der Waals surface area contributed by atoms with E-state index in [0.717, 1.165) is 6.07 Å². The van der Waals surface area contributed by atoms with Gasteiger partial charge in [-0.05, 0) is 29.8 Å². The average molecular weight is 331 g/mol. The highest BCUT2D eigenvalue weighted by atomic mass is 35.5. The van der Waals surface area contributed by atoms with Crippen LogP contribution < -0.4 is 11.2 Å². The molecule has 3 aromatic rings. The summed E-state index contributed by atoms with van der Waals surface area (Å²) in [5, 5.41) is 9.88. The van der Waals surface area contributed by atoms with E-state index in [2.05, 4.69) is 0 Å². The Hall–Kier alpha value is -2.79. The molecule has 2 aromatic carbocycles. The van der Waals surface area contributed by atoms with Gasteiger partial charge in [0.2, 0.25) is 5.43 Å². The predicted molar refractivity (Wildman–Crippen MR) is 88.5 cm³/mol. The minimum absolute atomic E-state index is 0.157. The highest BCUT2D eigenvalue weighted by molar-refractivity contribution is 6.33. The summed E-state index contributed by atoms with van der Waals surface area (Å²) < 4.78 is 15.5. The number of hydrogen-bond donors (Lipinski definition) is 2. The van der Waals surface area contributed by atoms with Crippen LogP contribution in [0.25, 0.3) is 16.8 Å². The van der Waals surface area contributed by atoms with Crippen molar-refractivity contribution in [3.05, 3.63) is 75.8 Å². The number of benzene rings is 2. The quantitative estimate of drug-likeness (QED) is 0.754. The van der Waals surface area contributed by atoms with Crippen molar-refractivity contribution in [2.24, 2.45) is 0 Å². The van der Waals surface area contributed by atoms with E-state index in [1.165, 1.54) is 22.9 Å². The second-order valence-corrected chi connectivity index (χ2v) is 5.37. The Balaban J connectivity index is 2.18. The fourth-order valence-corrected chi connectivity index (χ4v) is 2.62. The van der Waals surface area contributed by atoms with E-state index >= 15 is 0 Å². The number of nitrogen functional groups attached to an aromatic ring is 1. The molecule has 0 saturated heterocycles. The van der Waals surface area contributed by atoms with Crippen molar-refractivity contribution in [2.75, 3.05) is 5.73 Å². The van der Waals surface area contributed by atoms with Gasteiger partial charge in [-0.25, -0.2) is 4.39 Å². The maximum absolute atomic E-state index is 14.1. The fourth-order valence-electron chi connectivity index (χ4n) is 2.35. The first-order valence-corrected chi connectivity index (χ1v) is 7.11. The second kappa shape index (κ2) is 5.78. The van der Waals surface area contributed by atoms with Crippen molar-refractivity contribution in [3.8, 4) is 22.6 Å². The minimum Gasteiger partial charge on any atom is -0.503 e. The summed E-state index contributed by atoms with van der Waals surface area (Å²) in [4.78, 5) is 11.4. The number of hydrogen-bond acceptors (Lipinski definition) is 3. The van der Waals surface area contributed by atoms with Crippen LogP contribution in [0.15, 0.2) is 59.5 Å². The van der Waals surface area contributed by atoms with Gasteiger partial charge in [0, 0.05) is 17.3 Å². The van der Waals surface area contributed by atoms with Gasteiger partial charge in [0.05, 0.1) is 11.2 Å². The minimum atomic E-state index is -0.563. The zero-order valence-corrected chi connectivity index (χ0v) is 12.6. The van der Waals surface area contributed by atoms with Gasteiger partial charge in [-0.1, -0.05) is 29.8 Å². The van der Waals surface area contributed by atoms with Gasteiger partial charge in [-0.2, -0.15) is 0 Å². The molecule has 0 aliphatic carbocycles. The zero-order chi connectivity index (χ0) is 16.6. The molecule has 1 heterocycles. The molecule has 3 rings (SSSR count). The first-order chi connectivity index (χ1) is 11.0. The van der Waals surface area contributed by atoms with Crippen LogP contribution in [-0.2, 0) is 0 Å². The summed E-state index contributed by atoms with van der Waals surface area (Å²) in [6, 6.07) is 12.4. The number of aromatic nitrogens is 1. The van der Waals surface area contributed by atoms with E-state index in [1.807, 2.05) is 0 Å². The van der Waals surface area contributed by atoms with E-state index in [-0.39, 0.29) is 16.4 Å². The Morgan fingerprint density at radius 2 is 1.87 bits per heavy atom. The number of nitrogens with two attached hydrogens (primary N) is 1. The van der Waals surface area contributed by atoms with Crippen LogP contribution in [0.5, 0.6) is 5.75 Å². The summed E-state index contributed by atoms with van der Waals surface area (Å²) in [5.41, 5.74) is 6.66. The molecule has 4 nitrogen and oxygen atoms in total. The third-order valence-electron chi connectivity index (χ3n) is 3.44. The molecule has 116 valence electrons. The monoisotopic (exact) mass is 330 g/mol. The number of aromatic hydroxyl groups is 1. The first-order valence-electron chi connectivity index (χ1n) is 6.73. The zero-order valence-electron chi connectivity index (χ0n) is 11.8. The lowest BCUT2D eigenvalue weighted by atomic mass is 10.0. The van der Waals surface area contributed by atoms with Crippen molar-refractivity contribution in [1.29, 1.82) is 0 Å². The molecule has 3 N–H and O–H groups in total. The van der Waals surface area contributed by atoms with Crippen molar-refractivity contribution < 1.29 is 9.50 Å². The maximum atomic E-state index is 14.1. The van der Waals surface area contributed by atoms with Gasteiger partial charge in [0.1, 0.15) is 11.6 Å². The SMILES string of the molecule is Nc1cc(=O)c(O)cn1-c1cccc(-c2c(F)cccc2Cl)c1. The summed E-state index contributed by atoms with van der Waals surface area (Å²) in [5.74, 6) is -0.705. The van der Waals surface area contributed by atoms with Crippen LogP contribution in [0.3, 0.4) is 0 Å². The van der Waals surface area contributed by atoms with Crippen LogP contribution in [-0.4, -0.2) is 9.67 Å². The number of pyridine rings is 1. The van der Waals surface area contributed by atoms with Crippen molar-refractivity contribution in [1.82, 2.24) is 4.57 Å². The van der Waals surface area contributed by atoms with Crippen LogP contribution >= 0.6 is 11.6 Å². The molecule has 0 atom stereocenters. The number of anilines is 1. The number of nitrogens with zero attached hydrogens (tertiary/aromatic N) is 1. The molecular weight excluding hydrogens is 319 g/mol. The van der Waals surface area contributed by atoms with E-state index < -0.39 is 17.0 Å². The van der Waals surface area contributed by atoms with Crippen molar-refractivity contribution in [2.45, 2.75) is 0 Å². The average Bonchev–Trinajstić information content (AvgIpc) is 2.51. The molecule has 0 unspecified atom stereocenters. The van der Waals surface area contributed by atoms with Crippen LogP contribution in [0.1, 0.15) is 0 Å². The van der Waals surface area contributed by atoms with Gasteiger partial charge in [-0.15, -0.1) is 0 Å².